The van der Waals surface area contributed by atoms with Crippen molar-refractivity contribution in [2.45, 2.75) is 47.2 Å². The molecule has 3 amide bonds. The maximum Gasteiger partial charge on any atom is 0.319 e. The fourth-order valence-corrected chi connectivity index (χ4v) is 2.71. The van der Waals surface area contributed by atoms with Gasteiger partial charge in [-0.2, -0.15) is 0 Å². The molecule has 0 unspecified atom stereocenters. The highest BCUT2D eigenvalue weighted by Gasteiger charge is 2.15. The van der Waals surface area contributed by atoms with Gasteiger partial charge in [0.1, 0.15) is 0 Å². The van der Waals surface area contributed by atoms with Crippen molar-refractivity contribution < 1.29 is 9.59 Å². The number of likely N-dealkylation sites (N-methyl/N-ethyl adjacent to an activating group) is 2. The van der Waals surface area contributed by atoms with Crippen LogP contribution in [0.15, 0.2) is 29.3 Å². The van der Waals surface area contributed by atoms with E-state index in [-0.39, 0.29) is 24.5 Å². The van der Waals surface area contributed by atoms with E-state index in [1.165, 1.54) is 0 Å². The Morgan fingerprint density at radius 3 is 2.21 bits per heavy atom. The lowest BCUT2D eigenvalue weighted by molar-refractivity contribution is -0.131. The fourth-order valence-electron chi connectivity index (χ4n) is 2.71. The number of anilines is 1. The van der Waals surface area contributed by atoms with Crippen LogP contribution < -0.4 is 16.0 Å². The van der Waals surface area contributed by atoms with Crippen molar-refractivity contribution in [3.05, 3.63) is 29.8 Å². The molecule has 8 nitrogen and oxygen atoms in total. The Labute approximate surface area is 174 Å². The molecule has 8 heteroatoms. The largest absolute Gasteiger partial charge is 0.357 e. The molecular formula is C21H36N6O2. The molecule has 0 aliphatic carbocycles. The van der Waals surface area contributed by atoms with Crippen molar-refractivity contribution in [2.24, 2.45) is 4.99 Å². The SMILES string of the molecule is CCNC(=NCc1ccc(NC(=O)NC(C)C)cc1)N(C)CC(=O)N(CC)CC. The number of carbonyl (C=O) groups is 2. The van der Waals surface area contributed by atoms with Crippen LogP contribution in [-0.2, 0) is 11.3 Å². The van der Waals surface area contributed by atoms with Crippen LogP contribution in [0.4, 0.5) is 10.5 Å². The number of hydrogen-bond donors (Lipinski definition) is 3. The third-order valence-corrected chi connectivity index (χ3v) is 4.23. The van der Waals surface area contributed by atoms with Crippen LogP contribution in [0.2, 0.25) is 0 Å². The Morgan fingerprint density at radius 2 is 1.69 bits per heavy atom. The number of carbonyl (C=O) groups excluding carboxylic acids is 2. The van der Waals surface area contributed by atoms with Crippen LogP contribution >= 0.6 is 0 Å². The average Bonchev–Trinajstić information content (AvgIpc) is 2.66. The summed E-state index contributed by atoms with van der Waals surface area (Å²) in [7, 11) is 1.86. The number of rotatable bonds is 9. The molecule has 0 bridgehead atoms. The zero-order valence-electron chi connectivity index (χ0n) is 18.6. The number of aliphatic imine (C=N–C) groups is 1. The number of amides is 3. The first-order valence-electron chi connectivity index (χ1n) is 10.2. The lowest BCUT2D eigenvalue weighted by atomic mass is 10.2. The van der Waals surface area contributed by atoms with Crippen LogP contribution in [-0.4, -0.2) is 67.0 Å². The van der Waals surface area contributed by atoms with Gasteiger partial charge in [0.2, 0.25) is 5.91 Å². The molecule has 162 valence electrons. The Bertz CT molecular complexity index is 668. The molecular weight excluding hydrogens is 368 g/mol. The predicted molar refractivity (Wildman–Crippen MR) is 119 cm³/mol. The minimum absolute atomic E-state index is 0.0817. The Balaban J connectivity index is 2.72. The van der Waals surface area contributed by atoms with Crippen molar-refractivity contribution in [3.8, 4) is 0 Å². The third-order valence-electron chi connectivity index (χ3n) is 4.23. The molecule has 0 aromatic heterocycles. The van der Waals surface area contributed by atoms with E-state index in [0.717, 1.165) is 17.8 Å². The van der Waals surface area contributed by atoms with Gasteiger partial charge >= 0.3 is 6.03 Å². The molecule has 0 heterocycles. The van der Waals surface area contributed by atoms with Gasteiger partial charge in [0.15, 0.2) is 5.96 Å². The van der Waals surface area contributed by atoms with E-state index in [1.54, 1.807) is 4.90 Å². The maximum absolute atomic E-state index is 12.4. The van der Waals surface area contributed by atoms with Crippen molar-refractivity contribution >= 4 is 23.6 Å². The van der Waals surface area contributed by atoms with E-state index >= 15 is 0 Å². The highest BCUT2D eigenvalue weighted by Crippen LogP contribution is 2.10. The number of nitrogens with one attached hydrogen (secondary N) is 3. The molecule has 29 heavy (non-hydrogen) atoms. The Morgan fingerprint density at radius 1 is 1.07 bits per heavy atom. The number of hydrogen-bond acceptors (Lipinski definition) is 3. The number of urea groups is 1. The standard InChI is InChI=1S/C21H36N6O2/c1-7-22-20(26(6)15-19(28)27(8-2)9-3)23-14-17-10-12-18(13-11-17)25-21(29)24-16(4)5/h10-13,16H,7-9,14-15H2,1-6H3,(H,22,23)(H2,24,25,29). The topological polar surface area (TPSA) is 89.1 Å². The summed E-state index contributed by atoms with van der Waals surface area (Å²) in [5.41, 5.74) is 1.74. The lowest BCUT2D eigenvalue weighted by Gasteiger charge is -2.25. The Kier molecular flexibility index (Phi) is 10.6. The van der Waals surface area contributed by atoms with E-state index in [4.69, 9.17) is 0 Å². The van der Waals surface area contributed by atoms with Gasteiger partial charge in [-0.1, -0.05) is 12.1 Å². The van der Waals surface area contributed by atoms with Gasteiger partial charge < -0.3 is 25.8 Å². The van der Waals surface area contributed by atoms with Crippen molar-refractivity contribution in [3.63, 3.8) is 0 Å². The summed E-state index contributed by atoms with van der Waals surface area (Å²) < 4.78 is 0. The third kappa shape index (κ3) is 8.85. The van der Waals surface area contributed by atoms with Crippen LogP contribution in [0.3, 0.4) is 0 Å². The summed E-state index contributed by atoms with van der Waals surface area (Å²) in [5.74, 6) is 0.768. The molecule has 0 aliphatic rings. The second-order valence-corrected chi connectivity index (χ2v) is 7.04. The first-order chi connectivity index (χ1) is 13.8. The zero-order chi connectivity index (χ0) is 21.8. The van der Waals surface area contributed by atoms with Gasteiger partial charge in [-0.3, -0.25) is 4.79 Å². The Hall–Kier alpha value is -2.77. The quantitative estimate of drug-likeness (QED) is 0.436. The molecule has 0 fully saturated rings. The van der Waals surface area contributed by atoms with Gasteiger partial charge in [-0.15, -0.1) is 0 Å². The summed E-state index contributed by atoms with van der Waals surface area (Å²) >= 11 is 0. The van der Waals surface area contributed by atoms with E-state index in [9.17, 15) is 9.59 Å². The van der Waals surface area contributed by atoms with Gasteiger partial charge in [0, 0.05) is 38.4 Å². The second-order valence-electron chi connectivity index (χ2n) is 7.04. The molecule has 0 spiro atoms. The summed E-state index contributed by atoms with van der Waals surface area (Å²) in [6.45, 7) is 12.7. The first kappa shape index (κ1) is 24.3. The minimum atomic E-state index is -0.223. The number of guanidine groups is 1. The van der Waals surface area contributed by atoms with Gasteiger partial charge in [-0.25, -0.2) is 9.79 Å². The number of benzene rings is 1. The van der Waals surface area contributed by atoms with Crippen LogP contribution in [0.5, 0.6) is 0 Å². The van der Waals surface area contributed by atoms with Crippen LogP contribution in [0.1, 0.15) is 40.2 Å². The number of nitrogens with zero attached hydrogens (tertiary/aromatic N) is 3. The smallest absolute Gasteiger partial charge is 0.319 e. The highest BCUT2D eigenvalue weighted by molar-refractivity contribution is 5.89. The first-order valence-corrected chi connectivity index (χ1v) is 10.2. The van der Waals surface area contributed by atoms with E-state index in [2.05, 4.69) is 20.9 Å². The molecule has 1 rings (SSSR count). The summed E-state index contributed by atoms with van der Waals surface area (Å²) in [4.78, 5) is 32.4. The minimum Gasteiger partial charge on any atom is -0.357 e. The van der Waals surface area contributed by atoms with Gasteiger partial charge in [0.05, 0.1) is 13.1 Å². The monoisotopic (exact) mass is 404 g/mol. The van der Waals surface area contributed by atoms with Crippen LogP contribution in [0, 0.1) is 0 Å². The zero-order valence-corrected chi connectivity index (χ0v) is 18.6. The van der Waals surface area contributed by atoms with Gasteiger partial charge in [0.25, 0.3) is 0 Å². The summed E-state index contributed by atoms with van der Waals surface area (Å²) in [6.07, 6.45) is 0. The van der Waals surface area contributed by atoms with Crippen molar-refractivity contribution in [2.75, 3.05) is 38.5 Å². The maximum atomic E-state index is 12.4. The van der Waals surface area contributed by atoms with E-state index < -0.39 is 0 Å². The van der Waals surface area contributed by atoms with Crippen molar-refractivity contribution in [1.29, 1.82) is 0 Å². The molecule has 0 atom stereocenters. The lowest BCUT2D eigenvalue weighted by Crippen LogP contribution is -2.45. The molecule has 3 N–H and O–H groups in total. The predicted octanol–water partition coefficient (Wildman–Crippen LogP) is 2.48. The highest BCUT2D eigenvalue weighted by atomic mass is 16.2. The normalized spacial score (nSPS) is 11.2. The van der Waals surface area contributed by atoms with E-state index in [0.29, 0.717) is 25.6 Å². The molecule has 1 aromatic carbocycles. The molecule has 0 radical (unpaired) electrons. The molecule has 0 saturated heterocycles. The van der Waals surface area contributed by atoms with E-state index in [1.807, 2.05) is 70.8 Å². The molecule has 1 aromatic rings. The fraction of sp³-hybridized carbons (Fsp3) is 0.571. The van der Waals surface area contributed by atoms with Crippen LogP contribution in [0.25, 0.3) is 0 Å². The van der Waals surface area contributed by atoms with Crippen molar-refractivity contribution in [1.82, 2.24) is 20.4 Å². The summed E-state index contributed by atoms with van der Waals surface area (Å²) in [5, 5.41) is 8.81. The van der Waals surface area contributed by atoms with Gasteiger partial charge in [-0.05, 0) is 52.3 Å². The molecule has 0 aliphatic heterocycles. The molecule has 0 saturated carbocycles. The second kappa shape index (κ2) is 12.6. The summed E-state index contributed by atoms with van der Waals surface area (Å²) in [6, 6.07) is 7.42. The average molecular weight is 405 g/mol.